The molecule has 0 bridgehead atoms. The summed E-state index contributed by atoms with van der Waals surface area (Å²) in [5.41, 5.74) is 10.7. The van der Waals surface area contributed by atoms with Crippen molar-refractivity contribution < 1.29 is 29.7 Å². The van der Waals surface area contributed by atoms with Gasteiger partial charge in [0.1, 0.15) is 12.3 Å². The number of aromatic carboxylic acids is 1. The van der Waals surface area contributed by atoms with Crippen molar-refractivity contribution in [1.82, 2.24) is 9.55 Å². The van der Waals surface area contributed by atoms with E-state index in [4.69, 9.17) is 10.7 Å². The fraction of sp³-hybridized carbons (Fsp3) is 0.212. The van der Waals surface area contributed by atoms with Gasteiger partial charge in [-0.05, 0) is 78.4 Å². The number of hydrogen-bond donors (Lipinski definition) is 4. The minimum absolute atomic E-state index is 0.0114. The number of carboxylic acid groups (broad SMARTS) is 2. The average Bonchev–Trinajstić information content (AvgIpc) is 3.29. The first-order valence-electron chi connectivity index (χ1n) is 13.9. The molecule has 0 unspecified atom stereocenters. The Morgan fingerprint density at radius 3 is 2.36 bits per heavy atom. The molecule has 1 amide bonds. The molecule has 3 aromatic carbocycles. The molecule has 212 valence electrons. The van der Waals surface area contributed by atoms with E-state index in [9.17, 15) is 29.7 Å². The summed E-state index contributed by atoms with van der Waals surface area (Å²) >= 11 is 0. The lowest BCUT2D eigenvalue weighted by Gasteiger charge is -2.23. The average molecular weight is 564 g/mol. The number of aromatic hydroxyl groups is 1. The van der Waals surface area contributed by atoms with Gasteiger partial charge in [-0.1, -0.05) is 37.5 Å². The molecule has 9 nitrogen and oxygen atoms in total. The van der Waals surface area contributed by atoms with Gasteiger partial charge in [0.2, 0.25) is 0 Å². The molecule has 2 heterocycles. The maximum absolute atomic E-state index is 12.1. The minimum Gasteiger partial charge on any atom is -0.507 e. The van der Waals surface area contributed by atoms with Gasteiger partial charge in [0.05, 0.1) is 33.5 Å². The molecule has 1 aliphatic carbocycles. The van der Waals surface area contributed by atoms with E-state index in [-0.39, 0.29) is 29.3 Å². The van der Waals surface area contributed by atoms with Crippen LogP contribution in [0.3, 0.4) is 0 Å². The molecular formula is C33H29N3O6. The highest BCUT2D eigenvalue weighted by atomic mass is 16.4. The van der Waals surface area contributed by atoms with Crippen LogP contribution in [0.25, 0.3) is 44.3 Å². The molecule has 2 aromatic heterocycles. The first kappa shape index (κ1) is 27.0. The monoisotopic (exact) mass is 563 g/mol. The fourth-order valence-corrected chi connectivity index (χ4v) is 6.25. The van der Waals surface area contributed by atoms with Gasteiger partial charge in [0.15, 0.2) is 0 Å². The van der Waals surface area contributed by atoms with Crippen molar-refractivity contribution in [2.45, 2.75) is 44.6 Å². The number of benzene rings is 3. The Kier molecular flexibility index (Phi) is 6.86. The largest absolute Gasteiger partial charge is 0.507 e. The van der Waals surface area contributed by atoms with Crippen molar-refractivity contribution in [3.8, 4) is 28.3 Å². The zero-order valence-electron chi connectivity index (χ0n) is 22.7. The number of nitrogens with zero attached hydrogens (tertiary/aromatic N) is 2. The number of carboxylic acids is 2. The zero-order chi connectivity index (χ0) is 29.5. The Bertz CT molecular complexity index is 1900. The molecule has 0 radical (unpaired) electrons. The number of aliphatic carboxylic acids is 1. The quantitative estimate of drug-likeness (QED) is 0.185. The Morgan fingerprint density at radius 1 is 0.881 bits per heavy atom. The molecule has 1 aliphatic rings. The highest BCUT2D eigenvalue weighted by molar-refractivity contribution is 6.00. The number of primary amides is 1. The van der Waals surface area contributed by atoms with Crippen LogP contribution in [0.2, 0.25) is 0 Å². The summed E-state index contributed by atoms with van der Waals surface area (Å²) in [5, 5.41) is 31.2. The molecular weight excluding hydrogens is 534 g/mol. The molecule has 9 heteroatoms. The number of pyridine rings is 1. The second-order valence-corrected chi connectivity index (χ2v) is 10.8. The van der Waals surface area contributed by atoms with Crippen LogP contribution in [0.5, 0.6) is 5.75 Å². The van der Waals surface area contributed by atoms with Crippen molar-refractivity contribution in [2.24, 2.45) is 5.73 Å². The summed E-state index contributed by atoms with van der Waals surface area (Å²) in [6.45, 7) is -0.306. The predicted octanol–water partition coefficient (Wildman–Crippen LogP) is 6.16. The number of carbonyl (C=O) groups is 3. The lowest BCUT2D eigenvalue weighted by molar-refractivity contribution is -0.137. The van der Waals surface area contributed by atoms with E-state index in [0.29, 0.717) is 22.3 Å². The van der Waals surface area contributed by atoms with Crippen molar-refractivity contribution in [3.05, 3.63) is 83.4 Å². The van der Waals surface area contributed by atoms with E-state index < -0.39 is 17.8 Å². The first-order valence-corrected chi connectivity index (χ1v) is 13.9. The molecule has 1 saturated carbocycles. The summed E-state index contributed by atoms with van der Waals surface area (Å²) < 4.78 is 1.73. The highest BCUT2D eigenvalue weighted by Gasteiger charge is 2.28. The van der Waals surface area contributed by atoms with E-state index in [1.54, 1.807) is 22.8 Å². The first-order chi connectivity index (χ1) is 20.2. The molecule has 0 spiro atoms. The molecule has 1 fully saturated rings. The number of aromatic nitrogens is 2. The standard InChI is InChI=1S/C33H29N3O6/c34-32(40)24-15-20(9-13-28(24)37)26-11-7-19-14-21(8-12-25(19)35-26)31-30(18-4-2-1-3-5-18)23-10-6-22(33(41)42)16-27(23)36(31)17-29(38)39/h6-16,18,37H,1-5,17H2,(H2,34,40)(H,38,39)(H,41,42). The molecule has 0 saturated heterocycles. The lowest BCUT2D eigenvalue weighted by Crippen LogP contribution is -2.12. The summed E-state index contributed by atoms with van der Waals surface area (Å²) in [6, 6.07) is 19.1. The van der Waals surface area contributed by atoms with Crippen LogP contribution in [0.4, 0.5) is 0 Å². The predicted molar refractivity (Wildman–Crippen MR) is 159 cm³/mol. The van der Waals surface area contributed by atoms with Crippen molar-refractivity contribution in [3.63, 3.8) is 0 Å². The third-order valence-corrected chi connectivity index (χ3v) is 8.18. The van der Waals surface area contributed by atoms with Gasteiger partial charge in [-0.3, -0.25) is 9.59 Å². The maximum Gasteiger partial charge on any atom is 0.335 e. The Labute approximate surface area is 240 Å². The van der Waals surface area contributed by atoms with E-state index in [2.05, 4.69) is 0 Å². The number of fused-ring (bicyclic) bond motifs is 2. The van der Waals surface area contributed by atoms with Crippen molar-refractivity contribution >= 4 is 39.7 Å². The number of carbonyl (C=O) groups excluding carboxylic acids is 1. The van der Waals surface area contributed by atoms with E-state index in [1.807, 2.05) is 36.4 Å². The van der Waals surface area contributed by atoms with Crippen molar-refractivity contribution in [1.29, 1.82) is 0 Å². The summed E-state index contributed by atoms with van der Waals surface area (Å²) in [5.74, 6) is -2.78. The van der Waals surface area contributed by atoms with Crippen LogP contribution >= 0.6 is 0 Å². The summed E-state index contributed by atoms with van der Waals surface area (Å²) in [6.07, 6.45) is 5.30. The third kappa shape index (κ3) is 4.83. The number of amides is 1. The maximum atomic E-state index is 12.1. The lowest BCUT2D eigenvalue weighted by atomic mass is 9.81. The zero-order valence-corrected chi connectivity index (χ0v) is 22.7. The molecule has 5 aromatic rings. The summed E-state index contributed by atoms with van der Waals surface area (Å²) in [7, 11) is 0. The van der Waals surface area contributed by atoms with Gasteiger partial charge in [0.25, 0.3) is 5.91 Å². The van der Waals surface area contributed by atoms with Gasteiger partial charge < -0.3 is 25.6 Å². The Morgan fingerprint density at radius 2 is 1.64 bits per heavy atom. The van der Waals surface area contributed by atoms with Crippen LogP contribution in [0.15, 0.2) is 66.7 Å². The van der Waals surface area contributed by atoms with Crippen LogP contribution in [-0.4, -0.2) is 42.7 Å². The molecule has 5 N–H and O–H groups in total. The van der Waals surface area contributed by atoms with E-state index in [0.717, 1.165) is 59.7 Å². The molecule has 0 aliphatic heterocycles. The van der Waals surface area contributed by atoms with Crippen LogP contribution in [-0.2, 0) is 11.3 Å². The molecule has 6 rings (SSSR count). The van der Waals surface area contributed by atoms with Crippen LogP contribution < -0.4 is 5.73 Å². The number of hydrogen-bond acceptors (Lipinski definition) is 5. The minimum atomic E-state index is -1.06. The van der Waals surface area contributed by atoms with Gasteiger partial charge in [0, 0.05) is 16.3 Å². The highest BCUT2D eigenvalue weighted by Crippen LogP contribution is 2.45. The normalized spacial score (nSPS) is 13.9. The SMILES string of the molecule is NC(=O)c1cc(-c2ccc3cc(-c4c(C5CCCCC5)c5ccc(C(=O)O)cc5n4CC(=O)O)ccc3n2)ccc1O. The topological polar surface area (TPSA) is 156 Å². The van der Waals surface area contributed by atoms with Gasteiger partial charge in [-0.25, -0.2) is 9.78 Å². The van der Waals surface area contributed by atoms with Crippen LogP contribution in [0, 0.1) is 0 Å². The van der Waals surface area contributed by atoms with Gasteiger partial charge >= 0.3 is 11.9 Å². The third-order valence-electron chi connectivity index (χ3n) is 8.18. The van der Waals surface area contributed by atoms with Gasteiger partial charge in [-0.15, -0.1) is 0 Å². The Hall–Kier alpha value is -5.18. The second kappa shape index (κ2) is 10.7. The van der Waals surface area contributed by atoms with Crippen LogP contribution in [0.1, 0.15) is 64.3 Å². The Balaban J connectivity index is 1.53. The number of phenols is 1. The fourth-order valence-electron chi connectivity index (χ4n) is 6.25. The van der Waals surface area contributed by atoms with E-state index >= 15 is 0 Å². The molecule has 42 heavy (non-hydrogen) atoms. The summed E-state index contributed by atoms with van der Waals surface area (Å²) in [4.78, 5) is 40.4. The molecule has 0 atom stereocenters. The van der Waals surface area contributed by atoms with E-state index in [1.165, 1.54) is 12.1 Å². The smallest absolute Gasteiger partial charge is 0.335 e. The van der Waals surface area contributed by atoms with Gasteiger partial charge in [-0.2, -0.15) is 0 Å². The number of nitrogens with two attached hydrogens (primary N) is 1. The number of rotatable bonds is 7. The second-order valence-electron chi connectivity index (χ2n) is 10.8. The van der Waals surface area contributed by atoms with Crippen molar-refractivity contribution in [2.75, 3.05) is 0 Å².